The molecule has 0 radical (unpaired) electrons. The molecule has 0 aliphatic carbocycles. The van der Waals surface area contributed by atoms with E-state index in [9.17, 15) is 0 Å². The molecule has 0 saturated carbocycles. The first-order chi connectivity index (χ1) is 9.22. The highest BCUT2D eigenvalue weighted by Gasteiger charge is 2.05. The van der Waals surface area contributed by atoms with Gasteiger partial charge in [0.05, 0.1) is 11.9 Å². The molecule has 1 aromatic heterocycles. The van der Waals surface area contributed by atoms with Crippen molar-refractivity contribution in [3.05, 3.63) is 54.5 Å². The summed E-state index contributed by atoms with van der Waals surface area (Å²) in [6.45, 7) is 1.98. The molecule has 19 heavy (non-hydrogen) atoms. The Morgan fingerprint density at radius 2 is 1.95 bits per heavy atom. The lowest BCUT2D eigenvalue weighted by Gasteiger charge is -2.02. The van der Waals surface area contributed by atoms with Crippen LogP contribution < -0.4 is 5.73 Å². The van der Waals surface area contributed by atoms with Gasteiger partial charge in [-0.05, 0) is 23.8 Å². The van der Waals surface area contributed by atoms with Gasteiger partial charge in [0.2, 0.25) is 0 Å². The summed E-state index contributed by atoms with van der Waals surface area (Å²) in [7, 11) is 0. The lowest BCUT2D eigenvalue weighted by Crippen LogP contribution is -2.18. The van der Waals surface area contributed by atoms with Gasteiger partial charge in [-0.25, -0.2) is 4.98 Å². The van der Waals surface area contributed by atoms with E-state index in [0.717, 1.165) is 23.5 Å². The fourth-order valence-electron chi connectivity index (χ4n) is 2.27. The van der Waals surface area contributed by atoms with Gasteiger partial charge in [-0.3, -0.25) is 0 Å². The fraction of sp³-hybridized carbons (Fsp3) is 0.188. The lowest BCUT2D eigenvalue weighted by atomic mass is 10.1. The number of H-pyrrole nitrogens is 1. The monoisotopic (exact) mass is 251 g/mol. The molecule has 1 unspecified atom stereocenters. The summed E-state index contributed by atoms with van der Waals surface area (Å²) < 4.78 is 0. The zero-order chi connectivity index (χ0) is 13.2. The Labute approximate surface area is 112 Å². The summed E-state index contributed by atoms with van der Waals surface area (Å²) >= 11 is 0. The molecule has 2 aromatic carbocycles. The van der Waals surface area contributed by atoms with E-state index in [0.29, 0.717) is 0 Å². The van der Waals surface area contributed by atoms with E-state index in [2.05, 4.69) is 52.4 Å². The number of aromatic amines is 1. The Kier molecular flexibility index (Phi) is 3.05. The molecule has 0 spiro atoms. The van der Waals surface area contributed by atoms with Gasteiger partial charge < -0.3 is 10.7 Å². The fourth-order valence-corrected chi connectivity index (χ4v) is 2.27. The van der Waals surface area contributed by atoms with Crippen molar-refractivity contribution >= 4 is 10.8 Å². The number of benzene rings is 2. The molecule has 1 heterocycles. The van der Waals surface area contributed by atoms with Crippen molar-refractivity contribution in [3.8, 4) is 11.3 Å². The van der Waals surface area contributed by atoms with Crippen LogP contribution in [0.5, 0.6) is 0 Å². The highest BCUT2D eigenvalue weighted by Crippen LogP contribution is 2.23. The van der Waals surface area contributed by atoms with Crippen LogP contribution in [0.1, 0.15) is 12.7 Å². The first-order valence-corrected chi connectivity index (χ1v) is 6.51. The molecule has 3 nitrogen and oxygen atoms in total. The van der Waals surface area contributed by atoms with Crippen molar-refractivity contribution in [2.75, 3.05) is 0 Å². The molecule has 0 bridgehead atoms. The highest BCUT2D eigenvalue weighted by molar-refractivity contribution is 5.86. The summed E-state index contributed by atoms with van der Waals surface area (Å²) in [4.78, 5) is 7.71. The van der Waals surface area contributed by atoms with Gasteiger partial charge in [0.25, 0.3) is 0 Å². The number of aromatic nitrogens is 2. The average molecular weight is 251 g/mol. The van der Waals surface area contributed by atoms with Crippen LogP contribution in [-0.4, -0.2) is 16.0 Å². The largest absolute Gasteiger partial charge is 0.342 e. The Balaban J connectivity index is 1.97. The van der Waals surface area contributed by atoms with Gasteiger partial charge in [-0.1, -0.05) is 36.4 Å². The molecule has 3 aromatic rings. The quantitative estimate of drug-likeness (QED) is 0.751. The third-order valence-electron chi connectivity index (χ3n) is 3.20. The Bertz CT molecular complexity index is 698. The molecule has 0 saturated heterocycles. The minimum atomic E-state index is 0.121. The second-order valence-electron chi connectivity index (χ2n) is 4.99. The molecule has 96 valence electrons. The number of hydrogen-bond donors (Lipinski definition) is 2. The maximum atomic E-state index is 5.79. The maximum absolute atomic E-state index is 5.79. The Hall–Kier alpha value is -2.13. The number of nitrogens with zero attached hydrogens (tertiary/aromatic N) is 1. The molecular formula is C16H17N3. The first-order valence-electron chi connectivity index (χ1n) is 6.51. The lowest BCUT2D eigenvalue weighted by molar-refractivity contribution is 0.710. The van der Waals surface area contributed by atoms with Crippen LogP contribution in [0, 0.1) is 0 Å². The molecule has 3 heteroatoms. The van der Waals surface area contributed by atoms with Crippen LogP contribution in [-0.2, 0) is 6.42 Å². The predicted octanol–water partition coefficient (Wildman–Crippen LogP) is 3.12. The molecule has 0 aliphatic heterocycles. The third-order valence-corrected chi connectivity index (χ3v) is 3.20. The van der Waals surface area contributed by atoms with Crippen molar-refractivity contribution in [1.29, 1.82) is 0 Å². The van der Waals surface area contributed by atoms with Crippen LogP contribution >= 0.6 is 0 Å². The van der Waals surface area contributed by atoms with Crippen molar-refractivity contribution < 1.29 is 0 Å². The number of rotatable bonds is 3. The van der Waals surface area contributed by atoms with E-state index in [4.69, 9.17) is 5.73 Å². The average Bonchev–Trinajstić information content (AvgIpc) is 2.86. The van der Waals surface area contributed by atoms with Crippen molar-refractivity contribution in [1.82, 2.24) is 9.97 Å². The van der Waals surface area contributed by atoms with Gasteiger partial charge in [-0.15, -0.1) is 0 Å². The Morgan fingerprint density at radius 1 is 1.16 bits per heavy atom. The van der Waals surface area contributed by atoms with Crippen molar-refractivity contribution in [2.24, 2.45) is 5.73 Å². The van der Waals surface area contributed by atoms with Gasteiger partial charge in [0.15, 0.2) is 0 Å². The summed E-state index contributed by atoms with van der Waals surface area (Å²) in [6.07, 6.45) is 2.65. The summed E-state index contributed by atoms with van der Waals surface area (Å²) in [5.41, 5.74) is 7.98. The van der Waals surface area contributed by atoms with Crippen LogP contribution in [0.25, 0.3) is 22.0 Å². The second-order valence-corrected chi connectivity index (χ2v) is 4.99. The molecule has 0 amide bonds. The first kappa shape index (κ1) is 11.9. The van der Waals surface area contributed by atoms with Crippen molar-refractivity contribution in [2.45, 2.75) is 19.4 Å². The summed E-state index contributed by atoms with van der Waals surface area (Å²) in [5, 5.41) is 2.49. The smallest absolute Gasteiger partial charge is 0.108 e. The van der Waals surface area contributed by atoms with E-state index >= 15 is 0 Å². The molecule has 0 fully saturated rings. The number of nitrogens with two attached hydrogens (primary N) is 1. The zero-order valence-corrected chi connectivity index (χ0v) is 10.9. The summed E-state index contributed by atoms with van der Waals surface area (Å²) in [5.74, 6) is 0.943. The minimum Gasteiger partial charge on any atom is -0.342 e. The third kappa shape index (κ3) is 2.51. The van der Waals surface area contributed by atoms with Gasteiger partial charge in [0, 0.05) is 18.0 Å². The van der Waals surface area contributed by atoms with E-state index < -0.39 is 0 Å². The van der Waals surface area contributed by atoms with Gasteiger partial charge in [-0.2, -0.15) is 0 Å². The predicted molar refractivity (Wildman–Crippen MR) is 78.9 cm³/mol. The molecule has 3 N–H and O–H groups in total. The van der Waals surface area contributed by atoms with Crippen LogP contribution in [0.2, 0.25) is 0 Å². The SMILES string of the molecule is CC(N)Cc1ncc(-c2ccc3ccccc3c2)[nH]1. The van der Waals surface area contributed by atoms with Crippen LogP contribution in [0.3, 0.4) is 0 Å². The van der Waals surface area contributed by atoms with E-state index in [1.54, 1.807) is 0 Å². The standard InChI is InChI=1S/C16H17N3/c1-11(17)8-16-18-10-15(19-16)14-7-6-12-4-2-3-5-13(12)9-14/h2-7,9-11H,8,17H2,1H3,(H,18,19). The maximum Gasteiger partial charge on any atom is 0.108 e. The number of nitrogens with one attached hydrogen (secondary N) is 1. The van der Waals surface area contributed by atoms with Crippen LogP contribution in [0.15, 0.2) is 48.7 Å². The molecular weight excluding hydrogens is 234 g/mol. The molecule has 1 atom stereocenters. The minimum absolute atomic E-state index is 0.121. The summed E-state index contributed by atoms with van der Waals surface area (Å²) in [6, 6.07) is 14.9. The normalized spacial score (nSPS) is 12.7. The number of hydrogen-bond acceptors (Lipinski definition) is 2. The zero-order valence-electron chi connectivity index (χ0n) is 10.9. The molecule has 0 aliphatic rings. The van der Waals surface area contributed by atoms with Gasteiger partial charge in [0.1, 0.15) is 5.82 Å². The van der Waals surface area contributed by atoms with E-state index in [-0.39, 0.29) is 6.04 Å². The highest BCUT2D eigenvalue weighted by atomic mass is 14.9. The molecule has 3 rings (SSSR count). The topological polar surface area (TPSA) is 54.7 Å². The van der Waals surface area contributed by atoms with Crippen molar-refractivity contribution in [3.63, 3.8) is 0 Å². The number of fused-ring (bicyclic) bond motifs is 1. The van der Waals surface area contributed by atoms with Gasteiger partial charge >= 0.3 is 0 Å². The van der Waals surface area contributed by atoms with E-state index in [1.807, 2.05) is 13.1 Å². The second kappa shape index (κ2) is 4.86. The van der Waals surface area contributed by atoms with E-state index in [1.165, 1.54) is 10.8 Å². The number of imidazole rings is 1. The Morgan fingerprint density at radius 3 is 2.74 bits per heavy atom. The van der Waals surface area contributed by atoms with Crippen LogP contribution in [0.4, 0.5) is 0 Å².